The zero-order valence-corrected chi connectivity index (χ0v) is 24.4. The molecule has 1 aliphatic rings. The number of anilines is 3. The molecule has 0 aliphatic heterocycles. The van der Waals surface area contributed by atoms with E-state index >= 15 is 0 Å². The van der Waals surface area contributed by atoms with Gasteiger partial charge in [0.05, 0.1) is 16.8 Å². The Kier molecular flexibility index (Phi) is 6.20. The van der Waals surface area contributed by atoms with Crippen molar-refractivity contribution in [2.75, 3.05) is 4.90 Å². The fraction of sp³-hybridized carbons (Fsp3) is 0.0500. The van der Waals surface area contributed by atoms with Crippen molar-refractivity contribution in [1.82, 2.24) is 15.2 Å². The standard InChI is InChI=1S/C40H30N4/c1-28-25-38(43-42-28)29-13-11-17-32(26-29)44(31-15-3-2-4-16-31)33-18-12-14-30(27-33)40(39-23-9-10-24-41-39)36-21-7-5-19-34(36)35-20-6-8-22-37(35)40/h2-27H,1H3,(H,42,43). The Morgan fingerprint density at radius 2 is 1.20 bits per heavy atom. The molecule has 4 heteroatoms. The van der Waals surface area contributed by atoms with Crippen molar-refractivity contribution >= 4 is 17.1 Å². The molecule has 4 nitrogen and oxygen atoms in total. The van der Waals surface area contributed by atoms with Crippen LogP contribution in [-0.4, -0.2) is 15.2 Å². The Hall–Kier alpha value is -5.74. The molecule has 2 aromatic heterocycles. The van der Waals surface area contributed by atoms with E-state index in [1.165, 1.54) is 27.8 Å². The lowest BCUT2D eigenvalue weighted by molar-refractivity contribution is 0.734. The largest absolute Gasteiger partial charge is 0.310 e. The highest BCUT2D eigenvalue weighted by Gasteiger charge is 2.47. The number of nitrogens with one attached hydrogen (secondary N) is 1. The second-order valence-corrected chi connectivity index (χ2v) is 11.3. The number of H-pyrrole nitrogens is 1. The lowest BCUT2D eigenvalue weighted by atomic mass is 9.69. The van der Waals surface area contributed by atoms with E-state index in [4.69, 9.17) is 4.98 Å². The van der Waals surface area contributed by atoms with Crippen LogP contribution in [0.1, 0.15) is 28.1 Å². The summed E-state index contributed by atoms with van der Waals surface area (Å²) in [6.45, 7) is 2.03. The van der Waals surface area contributed by atoms with Gasteiger partial charge in [0.2, 0.25) is 0 Å². The van der Waals surface area contributed by atoms with Crippen molar-refractivity contribution < 1.29 is 0 Å². The molecule has 7 aromatic rings. The molecule has 1 aliphatic carbocycles. The Labute approximate surface area is 257 Å². The Morgan fingerprint density at radius 1 is 0.568 bits per heavy atom. The van der Waals surface area contributed by atoms with E-state index in [0.717, 1.165) is 39.7 Å². The number of para-hydroxylation sites is 1. The van der Waals surface area contributed by atoms with Crippen LogP contribution in [0.25, 0.3) is 22.4 Å². The van der Waals surface area contributed by atoms with E-state index < -0.39 is 5.41 Å². The predicted octanol–water partition coefficient (Wildman–Crippen LogP) is 9.61. The van der Waals surface area contributed by atoms with Crippen molar-refractivity contribution in [3.05, 3.63) is 186 Å². The van der Waals surface area contributed by atoms with Crippen LogP contribution in [-0.2, 0) is 5.41 Å². The van der Waals surface area contributed by atoms with E-state index in [9.17, 15) is 0 Å². The summed E-state index contributed by atoms with van der Waals surface area (Å²) < 4.78 is 0. The topological polar surface area (TPSA) is 44.8 Å². The average molecular weight is 567 g/mol. The smallest absolute Gasteiger partial charge is 0.0924 e. The summed E-state index contributed by atoms with van der Waals surface area (Å²) >= 11 is 0. The molecule has 0 amide bonds. The van der Waals surface area contributed by atoms with Gasteiger partial charge >= 0.3 is 0 Å². The van der Waals surface area contributed by atoms with E-state index in [0.29, 0.717) is 0 Å². The number of aromatic amines is 1. The maximum atomic E-state index is 5.02. The summed E-state index contributed by atoms with van der Waals surface area (Å²) in [5.74, 6) is 0. The number of rotatable bonds is 6. The predicted molar refractivity (Wildman–Crippen MR) is 179 cm³/mol. The van der Waals surface area contributed by atoms with Crippen LogP contribution in [0.3, 0.4) is 0 Å². The molecule has 0 saturated carbocycles. The highest BCUT2D eigenvalue weighted by atomic mass is 15.1. The molecule has 0 spiro atoms. The quantitative estimate of drug-likeness (QED) is 0.218. The molecule has 0 atom stereocenters. The summed E-state index contributed by atoms with van der Waals surface area (Å²) in [6.07, 6.45) is 1.91. The molecule has 0 bridgehead atoms. The summed E-state index contributed by atoms with van der Waals surface area (Å²) in [4.78, 5) is 7.35. The Balaban J connectivity index is 1.37. The van der Waals surface area contributed by atoms with E-state index in [1.807, 2.05) is 19.2 Å². The van der Waals surface area contributed by atoms with Gasteiger partial charge in [0.1, 0.15) is 0 Å². The van der Waals surface area contributed by atoms with Crippen molar-refractivity contribution in [1.29, 1.82) is 0 Å². The third kappa shape index (κ3) is 4.07. The van der Waals surface area contributed by atoms with Gasteiger partial charge in [0.15, 0.2) is 0 Å². The zero-order valence-electron chi connectivity index (χ0n) is 24.4. The number of hydrogen-bond acceptors (Lipinski definition) is 3. The van der Waals surface area contributed by atoms with Crippen LogP contribution in [0.4, 0.5) is 17.1 Å². The minimum Gasteiger partial charge on any atom is -0.310 e. The van der Waals surface area contributed by atoms with E-state index in [2.05, 4.69) is 161 Å². The van der Waals surface area contributed by atoms with Crippen molar-refractivity contribution in [3.63, 3.8) is 0 Å². The molecule has 0 saturated heterocycles. The number of benzene rings is 5. The minimum atomic E-state index is -0.568. The second kappa shape index (κ2) is 10.5. The highest BCUT2D eigenvalue weighted by molar-refractivity contribution is 5.87. The van der Waals surface area contributed by atoms with Gasteiger partial charge in [-0.3, -0.25) is 10.1 Å². The van der Waals surface area contributed by atoms with Crippen LogP contribution in [0.15, 0.2) is 158 Å². The third-order valence-corrected chi connectivity index (χ3v) is 8.66. The molecule has 210 valence electrons. The number of aryl methyl sites for hydroxylation is 1. The summed E-state index contributed by atoms with van der Waals surface area (Å²) in [5.41, 5.74) is 12.9. The molecule has 8 rings (SSSR count). The van der Waals surface area contributed by atoms with Gasteiger partial charge in [-0.05, 0) is 89.3 Å². The van der Waals surface area contributed by atoms with Crippen molar-refractivity contribution in [2.24, 2.45) is 0 Å². The first kappa shape index (κ1) is 25.9. The lowest BCUT2D eigenvalue weighted by Crippen LogP contribution is -2.30. The van der Waals surface area contributed by atoms with Gasteiger partial charge in [-0.25, -0.2) is 0 Å². The Morgan fingerprint density at radius 3 is 1.89 bits per heavy atom. The monoisotopic (exact) mass is 566 g/mol. The number of pyridine rings is 1. The van der Waals surface area contributed by atoms with Crippen LogP contribution < -0.4 is 4.90 Å². The molecular weight excluding hydrogens is 536 g/mol. The van der Waals surface area contributed by atoms with E-state index in [-0.39, 0.29) is 0 Å². The normalized spacial score (nSPS) is 12.8. The number of nitrogens with zero attached hydrogens (tertiary/aromatic N) is 3. The first-order chi connectivity index (χ1) is 21.7. The van der Waals surface area contributed by atoms with Gasteiger partial charge in [0, 0.05) is 34.5 Å². The first-order valence-electron chi connectivity index (χ1n) is 14.9. The van der Waals surface area contributed by atoms with Gasteiger partial charge in [0.25, 0.3) is 0 Å². The summed E-state index contributed by atoms with van der Waals surface area (Å²) in [6, 6.07) is 54.0. The van der Waals surface area contributed by atoms with E-state index in [1.54, 1.807) is 0 Å². The maximum Gasteiger partial charge on any atom is 0.0924 e. The van der Waals surface area contributed by atoms with Crippen LogP contribution in [0, 0.1) is 6.92 Å². The number of fused-ring (bicyclic) bond motifs is 3. The molecule has 44 heavy (non-hydrogen) atoms. The molecule has 2 heterocycles. The third-order valence-electron chi connectivity index (χ3n) is 8.66. The molecule has 0 radical (unpaired) electrons. The minimum absolute atomic E-state index is 0.568. The summed E-state index contributed by atoms with van der Waals surface area (Å²) in [5, 5.41) is 7.62. The van der Waals surface area contributed by atoms with Gasteiger partial charge < -0.3 is 4.90 Å². The van der Waals surface area contributed by atoms with Crippen LogP contribution in [0.5, 0.6) is 0 Å². The van der Waals surface area contributed by atoms with Crippen LogP contribution in [0.2, 0.25) is 0 Å². The van der Waals surface area contributed by atoms with Gasteiger partial charge in [-0.2, -0.15) is 5.10 Å². The summed E-state index contributed by atoms with van der Waals surface area (Å²) in [7, 11) is 0. The first-order valence-corrected chi connectivity index (χ1v) is 14.9. The molecular formula is C40H30N4. The molecule has 0 unspecified atom stereocenters. The van der Waals surface area contributed by atoms with Crippen molar-refractivity contribution in [3.8, 4) is 22.4 Å². The van der Waals surface area contributed by atoms with Crippen molar-refractivity contribution in [2.45, 2.75) is 12.3 Å². The molecule has 1 N–H and O–H groups in total. The highest BCUT2D eigenvalue weighted by Crippen LogP contribution is 2.56. The fourth-order valence-electron chi connectivity index (χ4n) is 6.83. The second-order valence-electron chi connectivity index (χ2n) is 11.3. The SMILES string of the molecule is Cc1cc(-c2cccc(N(c3ccccc3)c3cccc(C4(c5ccccn5)c5ccccc5-c5ccccc54)c3)c2)n[nH]1. The van der Waals surface area contributed by atoms with Gasteiger partial charge in [-0.15, -0.1) is 0 Å². The van der Waals surface area contributed by atoms with Crippen LogP contribution >= 0.6 is 0 Å². The molecule has 0 fully saturated rings. The average Bonchev–Trinajstić information content (AvgIpc) is 3.66. The number of hydrogen-bond donors (Lipinski definition) is 1. The molecule has 5 aromatic carbocycles. The Bertz CT molecular complexity index is 2050. The zero-order chi connectivity index (χ0) is 29.5. The lowest BCUT2D eigenvalue weighted by Gasteiger charge is -2.34. The maximum absolute atomic E-state index is 5.02. The van der Waals surface area contributed by atoms with Gasteiger partial charge in [-0.1, -0.05) is 97.1 Å². The fourth-order valence-corrected chi connectivity index (χ4v) is 6.83. The number of aromatic nitrogens is 3.